The van der Waals surface area contributed by atoms with Gasteiger partial charge in [-0.1, -0.05) is 11.6 Å². The van der Waals surface area contributed by atoms with E-state index >= 15 is 0 Å². The van der Waals surface area contributed by atoms with Gasteiger partial charge in [0.05, 0.1) is 26.5 Å². The molecule has 1 unspecified atom stereocenters. The molecule has 0 radical (unpaired) electrons. The molecule has 1 aliphatic rings. The summed E-state index contributed by atoms with van der Waals surface area (Å²) in [6.07, 6.45) is 1.75. The summed E-state index contributed by atoms with van der Waals surface area (Å²) < 4.78 is 32.2. The highest BCUT2D eigenvalue weighted by molar-refractivity contribution is 7.86. The van der Waals surface area contributed by atoms with E-state index in [-0.39, 0.29) is 0 Å². The van der Waals surface area contributed by atoms with Crippen LogP contribution in [0.4, 0.5) is 5.69 Å². The van der Waals surface area contributed by atoms with Crippen LogP contribution >= 0.6 is 11.6 Å². The third kappa shape index (κ3) is 3.30. The van der Waals surface area contributed by atoms with Crippen LogP contribution in [0, 0.1) is 0 Å². The van der Waals surface area contributed by atoms with E-state index in [1.165, 1.54) is 0 Å². The lowest BCUT2D eigenvalue weighted by Gasteiger charge is -2.22. The van der Waals surface area contributed by atoms with Gasteiger partial charge in [0.2, 0.25) is 0 Å². The van der Waals surface area contributed by atoms with Gasteiger partial charge in [-0.15, -0.1) is 0 Å². The van der Waals surface area contributed by atoms with Gasteiger partial charge in [-0.25, -0.2) is 4.21 Å². The molecule has 0 fully saturated rings. The van der Waals surface area contributed by atoms with Crippen LogP contribution in [0.25, 0.3) is 0 Å². The molecule has 1 N–H and O–H groups in total. The molecule has 0 amide bonds. The molecule has 1 aliphatic heterocycles. The quantitative estimate of drug-likeness (QED) is 0.872. The molecule has 1 heterocycles. The lowest BCUT2D eigenvalue weighted by molar-refractivity contribution is 0.275. The Labute approximate surface area is 148 Å². The van der Waals surface area contributed by atoms with E-state index in [4.69, 9.17) is 25.8 Å². The zero-order valence-electron chi connectivity index (χ0n) is 13.4. The molecule has 0 spiro atoms. The molecule has 0 saturated heterocycles. The van der Waals surface area contributed by atoms with Crippen LogP contribution in [0.5, 0.6) is 17.2 Å². The van der Waals surface area contributed by atoms with Crippen LogP contribution in [0.1, 0.15) is 12.0 Å². The summed E-state index contributed by atoms with van der Waals surface area (Å²) >= 11 is 6.02. The van der Waals surface area contributed by atoms with E-state index in [1.54, 1.807) is 38.5 Å². The predicted molar refractivity (Wildman–Crippen MR) is 94.8 cm³/mol. The first-order valence-electron chi connectivity index (χ1n) is 7.48. The standard InChI is InChI=1S/C17H18ClNO4S/c1-21-14-7-8-16(17-12(14)4-3-9-23-17)24(20)19-13-10-11(18)5-6-15(13)22-2/h5-8,10,19H,3-4,9H2,1-2H3. The number of ether oxygens (including phenoxy) is 3. The molecular weight excluding hydrogens is 350 g/mol. The minimum atomic E-state index is -1.52. The van der Waals surface area contributed by atoms with Crippen LogP contribution in [0.2, 0.25) is 5.02 Å². The summed E-state index contributed by atoms with van der Waals surface area (Å²) in [7, 11) is 1.65. The van der Waals surface area contributed by atoms with Crippen molar-refractivity contribution in [3.05, 3.63) is 40.9 Å². The van der Waals surface area contributed by atoms with Gasteiger partial charge in [-0.2, -0.15) is 0 Å². The molecule has 128 valence electrons. The highest BCUT2D eigenvalue weighted by Crippen LogP contribution is 2.38. The number of nitrogens with one attached hydrogen (secondary N) is 1. The molecule has 0 bridgehead atoms. The number of benzene rings is 2. The largest absolute Gasteiger partial charge is 0.496 e. The Morgan fingerprint density at radius 3 is 2.67 bits per heavy atom. The van der Waals surface area contributed by atoms with E-state index < -0.39 is 11.0 Å². The molecule has 24 heavy (non-hydrogen) atoms. The number of methoxy groups -OCH3 is 2. The topological polar surface area (TPSA) is 56.8 Å². The van der Waals surface area contributed by atoms with Crippen LogP contribution in [-0.2, 0) is 17.4 Å². The second kappa shape index (κ2) is 7.32. The first kappa shape index (κ1) is 16.9. The number of anilines is 1. The average Bonchev–Trinajstić information content (AvgIpc) is 2.61. The summed E-state index contributed by atoms with van der Waals surface area (Å²) in [5.74, 6) is 1.95. The summed E-state index contributed by atoms with van der Waals surface area (Å²) in [6, 6.07) is 8.69. The third-order valence-corrected chi connectivity index (χ3v) is 5.14. The van der Waals surface area contributed by atoms with Crippen molar-refractivity contribution in [2.24, 2.45) is 0 Å². The highest BCUT2D eigenvalue weighted by atomic mass is 35.5. The van der Waals surface area contributed by atoms with E-state index in [9.17, 15) is 4.21 Å². The first-order chi connectivity index (χ1) is 11.6. The van der Waals surface area contributed by atoms with E-state index in [0.29, 0.717) is 33.7 Å². The van der Waals surface area contributed by atoms with Crippen molar-refractivity contribution in [3.63, 3.8) is 0 Å². The molecule has 5 nitrogen and oxygen atoms in total. The summed E-state index contributed by atoms with van der Waals surface area (Å²) in [5.41, 5.74) is 1.51. The molecular formula is C17H18ClNO4S. The highest BCUT2D eigenvalue weighted by Gasteiger charge is 2.23. The molecule has 3 rings (SSSR count). The molecule has 0 saturated carbocycles. The van der Waals surface area contributed by atoms with Gasteiger partial charge in [-0.3, -0.25) is 4.72 Å². The fourth-order valence-corrected chi connectivity index (χ4v) is 3.84. The zero-order valence-corrected chi connectivity index (χ0v) is 15.0. The second-order valence-electron chi connectivity index (χ2n) is 5.24. The lowest BCUT2D eigenvalue weighted by Crippen LogP contribution is -2.14. The first-order valence-corrected chi connectivity index (χ1v) is 9.01. The minimum Gasteiger partial charge on any atom is -0.496 e. The van der Waals surface area contributed by atoms with E-state index in [0.717, 1.165) is 24.2 Å². The fraction of sp³-hybridized carbons (Fsp3) is 0.294. The number of fused-ring (bicyclic) bond motifs is 1. The number of hydrogen-bond acceptors (Lipinski definition) is 4. The lowest BCUT2D eigenvalue weighted by atomic mass is 10.1. The molecule has 7 heteroatoms. The Morgan fingerprint density at radius 2 is 1.92 bits per heavy atom. The number of rotatable bonds is 5. The maximum absolute atomic E-state index is 12.8. The fourth-order valence-electron chi connectivity index (χ4n) is 2.66. The van der Waals surface area contributed by atoms with Crippen molar-refractivity contribution in [1.29, 1.82) is 0 Å². The Balaban J connectivity index is 1.95. The van der Waals surface area contributed by atoms with Gasteiger partial charge in [0.15, 0.2) is 11.0 Å². The van der Waals surface area contributed by atoms with Gasteiger partial charge in [0, 0.05) is 10.6 Å². The van der Waals surface area contributed by atoms with Crippen LogP contribution in [0.15, 0.2) is 35.2 Å². The van der Waals surface area contributed by atoms with Crippen LogP contribution in [0.3, 0.4) is 0 Å². The zero-order chi connectivity index (χ0) is 17.1. The van der Waals surface area contributed by atoms with E-state index in [2.05, 4.69) is 4.72 Å². The van der Waals surface area contributed by atoms with Gasteiger partial charge in [0.1, 0.15) is 22.1 Å². The summed E-state index contributed by atoms with van der Waals surface area (Å²) in [5, 5.41) is 0.531. The van der Waals surface area contributed by atoms with Gasteiger partial charge >= 0.3 is 0 Å². The molecule has 0 aromatic heterocycles. The number of hydrogen-bond donors (Lipinski definition) is 1. The Morgan fingerprint density at radius 1 is 1.17 bits per heavy atom. The van der Waals surface area contributed by atoms with Gasteiger partial charge in [-0.05, 0) is 43.2 Å². The van der Waals surface area contributed by atoms with E-state index in [1.807, 2.05) is 6.07 Å². The molecule has 2 aromatic carbocycles. The normalized spacial score (nSPS) is 14.3. The van der Waals surface area contributed by atoms with Gasteiger partial charge < -0.3 is 14.2 Å². The monoisotopic (exact) mass is 367 g/mol. The number of halogens is 1. The van der Waals surface area contributed by atoms with Crippen molar-refractivity contribution < 1.29 is 18.4 Å². The second-order valence-corrected chi connectivity index (χ2v) is 6.86. The summed E-state index contributed by atoms with van der Waals surface area (Å²) in [6.45, 7) is 0.602. The van der Waals surface area contributed by atoms with Crippen LogP contribution < -0.4 is 18.9 Å². The van der Waals surface area contributed by atoms with Crippen molar-refractivity contribution in [3.8, 4) is 17.2 Å². The van der Waals surface area contributed by atoms with Crippen molar-refractivity contribution in [2.75, 3.05) is 25.5 Å². The molecule has 0 aliphatic carbocycles. The predicted octanol–water partition coefficient (Wildman–Crippen LogP) is 3.82. The SMILES string of the molecule is COc1ccc(Cl)cc1NS(=O)c1ccc(OC)c2c1OCCC2. The smallest absolute Gasteiger partial charge is 0.154 e. The Bertz CT molecular complexity index is 781. The van der Waals surface area contributed by atoms with Crippen molar-refractivity contribution in [1.82, 2.24) is 0 Å². The molecule has 1 atom stereocenters. The van der Waals surface area contributed by atoms with Crippen molar-refractivity contribution >= 4 is 28.3 Å². The average molecular weight is 368 g/mol. The Kier molecular flexibility index (Phi) is 5.16. The summed E-state index contributed by atoms with van der Waals surface area (Å²) in [4.78, 5) is 0.576. The molecule has 2 aromatic rings. The third-order valence-electron chi connectivity index (χ3n) is 3.78. The minimum absolute atomic E-state index is 0.531. The van der Waals surface area contributed by atoms with Crippen LogP contribution in [-0.4, -0.2) is 25.0 Å². The maximum atomic E-state index is 12.8. The Hall–Kier alpha value is -1.92. The van der Waals surface area contributed by atoms with Gasteiger partial charge in [0.25, 0.3) is 0 Å². The van der Waals surface area contributed by atoms with Crippen molar-refractivity contribution in [2.45, 2.75) is 17.7 Å². The maximum Gasteiger partial charge on any atom is 0.154 e.